The molecule has 0 aliphatic heterocycles. The van der Waals surface area contributed by atoms with Crippen LogP contribution in [0.4, 0.5) is 5.69 Å². The highest BCUT2D eigenvalue weighted by molar-refractivity contribution is 6.43. The van der Waals surface area contributed by atoms with Crippen LogP contribution in [0.25, 0.3) is 0 Å². The standard InChI is InChI=1S/C8H8Cl2N4/c9-5-2-1-3-6(7(5)10)13-4-14-8(11)12/h1-4H,(H4,11,12,13,14). The molecule has 0 atom stereocenters. The van der Waals surface area contributed by atoms with Crippen LogP contribution >= 0.6 is 23.2 Å². The Bertz CT molecular complexity index is 383. The van der Waals surface area contributed by atoms with Crippen LogP contribution in [-0.2, 0) is 0 Å². The predicted molar refractivity (Wildman–Crippen MR) is 60.4 cm³/mol. The minimum atomic E-state index is -0.0631. The van der Waals surface area contributed by atoms with E-state index in [1.54, 1.807) is 18.2 Å². The van der Waals surface area contributed by atoms with Crippen molar-refractivity contribution in [2.45, 2.75) is 0 Å². The van der Waals surface area contributed by atoms with E-state index in [1.165, 1.54) is 6.34 Å². The SMILES string of the molecule is NC(N)=NC=Nc1cccc(Cl)c1Cl. The van der Waals surface area contributed by atoms with Gasteiger partial charge in [-0.15, -0.1) is 0 Å². The molecule has 74 valence electrons. The van der Waals surface area contributed by atoms with E-state index in [0.29, 0.717) is 15.7 Å². The second kappa shape index (κ2) is 4.83. The molecule has 1 aromatic rings. The van der Waals surface area contributed by atoms with Crippen molar-refractivity contribution in [1.29, 1.82) is 0 Å². The largest absolute Gasteiger partial charge is 0.370 e. The molecule has 0 bridgehead atoms. The highest BCUT2D eigenvalue weighted by atomic mass is 35.5. The maximum atomic E-state index is 5.85. The monoisotopic (exact) mass is 230 g/mol. The summed E-state index contributed by atoms with van der Waals surface area (Å²) in [6.45, 7) is 0. The summed E-state index contributed by atoms with van der Waals surface area (Å²) in [5.74, 6) is -0.0631. The number of nitrogens with zero attached hydrogens (tertiary/aromatic N) is 2. The third kappa shape index (κ3) is 2.90. The number of aliphatic imine (C=N–C) groups is 2. The Morgan fingerprint density at radius 3 is 2.64 bits per heavy atom. The van der Waals surface area contributed by atoms with Crippen LogP contribution in [0.5, 0.6) is 0 Å². The fourth-order valence-corrected chi connectivity index (χ4v) is 1.09. The smallest absolute Gasteiger partial charge is 0.192 e. The molecular weight excluding hydrogens is 223 g/mol. The number of rotatable bonds is 2. The predicted octanol–water partition coefficient (Wildman–Crippen LogP) is 1.93. The zero-order valence-corrected chi connectivity index (χ0v) is 8.63. The van der Waals surface area contributed by atoms with Crippen molar-refractivity contribution >= 4 is 41.2 Å². The van der Waals surface area contributed by atoms with E-state index in [4.69, 9.17) is 34.7 Å². The van der Waals surface area contributed by atoms with Gasteiger partial charge in [0.15, 0.2) is 5.96 Å². The number of benzene rings is 1. The second-order valence-corrected chi connectivity index (χ2v) is 3.16. The van der Waals surface area contributed by atoms with Crippen molar-refractivity contribution < 1.29 is 0 Å². The van der Waals surface area contributed by atoms with Gasteiger partial charge in [-0.2, -0.15) is 0 Å². The topological polar surface area (TPSA) is 76.8 Å². The van der Waals surface area contributed by atoms with Gasteiger partial charge in [0.25, 0.3) is 0 Å². The van der Waals surface area contributed by atoms with Crippen molar-refractivity contribution in [3.63, 3.8) is 0 Å². The summed E-state index contributed by atoms with van der Waals surface area (Å²) in [7, 11) is 0. The van der Waals surface area contributed by atoms with E-state index < -0.39 is 0 Å². The lowest BCUT2D eigenvalue weighted by Gasteiger charge is -1.97. The molecule has 0 unspecified atom stereocenters. The van der Waals surface area contributed by atoms with E-state index in [9.17, 15) is 0 Å². The van der Waals surface area contributed by atoms with Gasteiger partial charge in [0.1, 0.15) is 6.34 Å². The number of hydrogen-bond acceptors (Lipinski definition) is 1. The number of halogens is 2. The molecule has 6 heteroatoms. The molecule has 0 spiro atoms. The van der Waals surface area contributed by atoms with Crippen LogP contribution < -0.4 is 11.5 Å². The fourth-order valence-electron chi connectivity index (χ4n) is 0.750. The lowest BCUT2D eigenvalue weighted by molar-refractivity contribution is 1.46. The Labute approximate surface area is 91.2 Å². The van der Waals surface area contributed by atoms with Crippen molar-refractivity contribution in [3.8, 4) is 0 Å². The number of guanidine groups is 1. The van der Waals surface area contributed by atoms with Gasteiger partial charge in [-0.05, 0) is 12.1 Å². The Balaban J connectivity index is 2.92. The van der Waals surface area contributed by atoms with Crippen LogP contribution in [-0.4, -0.2) is 12.3 Å². The van der Waals surface area contributed by atoms with Crippen LogP contribution in [0, 0.1) is 0 Å². The maximum Gasteiger partial charge on any atom is 0.192 e. The highest BCUT2D eigenvalue weighted by Crippen LogP contribution is 2.31. The molecule has 1 aromatic carbocycles. The molecule has 1 rings (SSSR count). The Morgan fingerprint density at radius 1 is 1.29 bits per heavy atom. The first-order valence-corrected chi connectivity index (χ1v) is 4.42. The lowest BCUT2D eigenvalue weighted by Crippen LogP contribution is -2.22. The summed E-state index contributed by atoms with van der Waals surface area (Å²) in [6, 6.07) is 5.10. The molecule has 4 nitrogen and oxygen atoms in total. The molecule has 14 heavy (non-hydrogen) atoms. The van der Waals surface area contributed by atoms with Crippen molar-refractivity contribution in [2.75, 3.05) is 0 Å². The van der Waals surface area contributed by atoms with Crippen LogP contribution in [0.1, 0.15) is 0 Å². The lowest BCUT2D eigenvalue weighted by atomic mass is 10.3. The third-order valence-electron chi connectivity index (χ3n) is 1.33. The van der Waals surface area contributed by atoms with Gasteiger partial charge in [0.2, 0.25) is 0 Å². The second-order valence-electron chi connectivity index (χ2n) is 2.37. The number of hydrogen-bond donors (Lipinski definition) is 2. The van der Waals surface area contributed by atoms with Gasteiger partial charge < -0.3 is 11.5 Å². The van der Waals surface area contributed by atoms with Crippen LogP contribution in [0.15, 0.2) is 28.2 Å². The third-order valence-corrected chi connectivity index (χ3v) is 2.14. The van der Waals surface area contributed by atoms with Gasteiger partial charge >= 0.3 is 0 Å². The summed E-state index contributed by atoms with van der Waals surface area (Å²) in [5, 5.41) is 0.808. The average Bonchev–Trinajstić information content (AvgIpc) is 2.12. The quantitative estimate of drug-likeness (QED) is 0.602. The highest BCUT2D eigenvalue weighted by Gasteiger charge is 2.00. The van der Waals surface area contributed by atoms with Crippen molar-refractivity contribution in [3.05, 3.63) is 28.2 Å². The summed E-state index contributed by atoms with van der Waals surface area (Å²) in [6.07, 6.45) is 1.22. The first-order valence-electron chi connectivity index (χ1n) is 3.66. The van der Waals surface area contributed by atoms with E-state index in [2.05, 4.69) is 9.98 Å². The average molecular weight is 231 g/mol. The van der Waals surface area contributed by atoms with Gasteiger partial charge in [-0.1, -0.05) is 29.3 Å². The van der Waals surface area contributed by atoms with Gasteiger partial charge in [-0.3, -0.25) is 0 Å². The summed E-state index contributed by atoms with van der Waals surface area (Å²) < 4.78 is 0. The Kier molecular flexibility index (Phi) is 3.73. The van der Waals surface area contributed by atoms with E-state index in [0.717, 1.165) is 0 Å². The van der Waals surface area contributed by atoms with E-state index in [1.807, 2.05) is 0 Å². The zero-order valence-electron chi connectivity index (χ0n) is 7.11. The first kappa shape index (κ1) is 10.8. The molecular formula is C8H8Cl2N4. The normalized spacial score (nSPS) is 10.4. The molecule has 0 aliphatic carbocycles. The van der Waals surface area contributed by atoms with Gasteiger partial charge in [0.05, 0.1) is 15.7 Å². The zero-order chi connectivity index (χ0) is 10.6. The van der Waals surface area contributed by atoms with Crippen molar-refractivity contribution in [2.24, 2.45) is 21.5 Å². The molecule has 0 saturated heterocycles. The molecule has 0 radical (unpaired) electrons. The Morgan fingerprint density at radius 2 is 2.00 bits per heavy atom. The molecule has 0 aromatic heterocycles. The molecule has 0 heterocycles. The van der Waals surface area contributed by atoms with E-state index >= 15 is 0 Å². The van der Waals surface area contributed by atoms with Crippen LogP contribution in [0.2, 0.25) is 10.0 Å². The molecule has 0 fully saturated rings. The van der Waals surface area contributed by atoms with Gasteiger partial charge in [-0.25, -0.2) is 9.98 Å². The van der Waals surface area contributed by atoms with E-state index in [-0.39, 0.29) is 5.96 Å². The first-order chi connectivity index (χ1) is 6.61. The number of nitrogens with two attached hydrogens (primary N) is 2. The molecule has 0 saturated carbocycles. The van der Waals surface area contributed by atoms with Crippen LogP contribution in [0.3, 0.4) is 0 Å². The Hall–Kier alpha value is -1.26. The molecule has 4 N–H and O–H groups in total. The molecule has 0 aliphatic rings. The summed E-state index contributed by atoms with van der Waals surface area (Å²) in [4.78, 5) is 7.49. The maximum absolute atomic E-state index is 5.85. The summed E-state index contributed by atoms with van der Waals surface area (Å²) in [5.41, 5.74) is 10.7. The molecule has 0 amide bonds. The van der Waals surface area contributed by atoms with Crippen molar-refractivity contribution in [1.82, 2.24) is 0 Å². The minimum absolute atomic E-state index is 0.0631. The summed E-state index contributed by atoms with van der Waals surface area (Å²) >= 11 is 11.6. The fraction of sp³-hybridized carbons (Fsp3) is 0. The van der Waals surface area contributed by atoms with Gasteiger partial charge in [0, 0.05) is 0 Å². The minimum Gasteiger partial charge on any atom is -0.370 e.